The van der Waals surface area contributed by atoms with Crippen LogP contribution in [0.4, 0.5) is 0 Å². The van der Waals surface area contributed by atoms with Crippen LogP contribution in [-0.4, -0.2) is 27.2 Å². The van der Waals surface area contributed by atoms with E-state index in [9.17, 15) is 9.59 Å². The third-order valence-corrected chi connectivity index (χ3v) is 3.33. The molecule has 0 aliphatic heterocycles. The normalized spacial score (nSPS) is 10.7. The van der Waals surface area contributed by atoms with Gasteiger partial charge in [0.25, 0.3) is 0 Å². The lowest BCUT2D eigenvalue weighted by Crippen LogP contribution is -2.34. The average Bonchev–Trinajstić information content (AvgIpc) is 3.02. The van der Waals surface area contributed by atoms with Crippen LogP contribution in [0.5, 0.6) is 0 Å². The van der Waals surface area contributed by atoms with E-state index < -0.39 is 11.7 Å². The smallest absolute Gasteiger partial charge is 0.365 e. The van der Waals surface area contributed by atoms with E-state index in [0.29, 0.717) is 12.2 Å². The Morgan fingerprint density at radius 3 is 3.00 bits per heavy atom. The van der Waals surface area contributed by atoms with Crippen LogP contribution in [0.1, 0.15) is 10.7 Å². The van der Waals surface area contributed by atoms with Gasteiger partial charge in [-0.2, -0.15) is 9.77 Å². The largest absolute Gasteiger partial charge is 0.447 e. The fraction of sp³-hybridized carbons (Fsp3) is 0.300. The fourth-order valence-electron chi connectivity index (χ4n) is 1.55. The predicted molar refractivity (Wildman–Crippen MR) is 72.0 cm³/mol. The first kappa shape index (κ1) is 14.2. The molecule has 0 amide bonds. The first-order valence-electron chi connectivity index (χ1n) is 5.67. The summed E-state index contributed by atoms with van der Waals surface area (Å²) >= 11 is 1.53. The molecule has 9 nitrogen and oxygen atoms in total. The number of nitrogens with zero attached hydrogens (tertiary/aromatic N) is 3. The maximum Gasteiger partial charge on any atom is 0.365 e. The number of carbonyl (C=O) groups is 1. The minimum atomic E-state index is -0.633. The van der Waals surface area contributed by atoms with E-state index in [1.165, 1.54) is 11.3 Å². The second kappa shape index (κ2) is 6.32. The molecule has 0 saturated heterocycles. The van der Waals surface area contributed by atoms with Crippen molar-refractivity contribution in [3.63, 3.8) is 0 Å². The van der Waals surface area contributed by atoms with Crippen molar-refractivity contribution in [2.24, 2.45) is 5.84 Å². The highest BCUT2D eigenvalue weighted by atomic mass is 32.1. The number of carbonyl (C=O) groups excluding carboxylic acids is 1. The zero-order valence-electron chi connectivity index (χ0n) is 10.5. The molecule has 0 aliphatic carbocycles. The number of aromatic nitrogens is 3. The zero-order valence-corrected chi connectivity index (χ0v) is 11.3. The molecule has 0 spiro atoms. The van der Waals surface area contributed by atoms with Gasteiger partial charge in [-0.3, -0.25) is 5.84 Å². The van der Waals surface area contributed by atoms with Crippen LogP contribution >= 0.6 is 11.3 Å². The van der Waals surface area contributed by atoms with Gasteiger partial charge in [-0.15, -0.1) is 11.3 Å². The summed E-state index contributed by atoms with van der Waals surface area (Å²) in [6.45, 7) is -0.457. The number of nitrogens with one attached hydrogen (secondary N) is 1. The molecule has 0 atom stereocenters. The van der Waals surface area contributed by atoms with Gasteiger partial charge in [0.15, 0.2) is 12.6 Å². The number of esters is 1. The van der Waals surface area contributed by atoms with Gasteiger partial charge in [-0.1, -0.05) is 6.07 Å². The lowest BCUT2D eigenvalue weighted by Gasteiger charge is -2.01. The molecule has 5 N–H and O–H groups in total. The Morgan fingerprint density at radius 1 is 1.55 bits per heavy atom. The molecule has 108 valence electrons. The van der Waals surface area contributed by atoms with Gasteiger partial charge in [0, 0.05) is 11.3 Å². The molecule has 0 aromatic carbocycles. The van der Waals surface area contributed by atoms with Crippen molar-refractivity contribution >= 4 is 17.3 Å². The van der Waals surface area contributed by atoms with Crippen molar-refractivity contribution in [3.8, 4) is 0 Å². The third-order valence-electron chi connectivity index (χ3n) is 2.45. The van der Waals surface area contributed by atoms with E-state index in [0.717, 1.165) is 14.2 Å². The maximum absolute atomic E-state index is 11.8. The van der Waals surface area contributed by atoms with Gasteiger partial charge in [0.1, 0.15) is 6.54 Å². The Morgan fingerprint density at radius 2 is 2.35 bits per heavy atom. The van der Waals surface area contributed by atoms with Crippen LogP contribution in [0.15, 0.2) is 22.3 Å². The highest BCUT2D eigenvalue weighted by Gasteiger charge is 2.15. The molecule has 0 radical (unpaired) electrons. The van der Waals surface area contributed by atoms with Crippen LogP contribution < -0.4 is 22.8 Å². The monoisotopic (exact) mass is 298 g/mol. The van der Waals surface area contributed by atoms with Crippen molar-refractivity contribution in [1.29, 1.82) is 0 Å². The minimum Gasteiger partial charge on any atom is -0.447 e. The molecule has 0 saturated carbocycles. The summed E-state index contributed by atoms with van der Waals surface area (Å²) in [4.78, 5) is 24.2. The molecule has 0 unspecified atom stereocenters. The zero-order chi connectivity index (χ0) is 14.5. The number of nitrogen functional groups attached to an aromatic ring is 1. The molecule has 2 aromatic heterocycles. The summed E-state index contributed by atoms with van der Waals surface area (Å²) < 4.78 is 6.57. The second-order valence-electron chi connectivity index (χ2n) is 3.85. The summed E-state index contributed by atoms with van der Waals surface area (Å²) in [6, 6.07) is 3.81. The number of hydrazine groups is 1. The number of hydrogen-bond acceptors (Lipinski definition) is 8. The lowest BCUT2D eigenvalue weighted by atomic mass is 10.3. The van der Waals surface area contributed by atoms with E-state index in [4.69, 9.17) is 11.7 Å². The number of nitrogens with two attached hydrogens (primary N) is 2. The Balaban J connectivity index is 2.11. The van der Waals surface area contributed by atoms with Crippen LogP contribution in [0.3, 0.4) is 0 Å². The molecular weight excluding hydrogens is 284 g/mol. The van der Waals surface area contributed by atoms with Crippen LogP contribution in [0, 0.1) is 0 Å². The number of ether oxygens (including phenoxy) is 1. The average molecular weight is 298 g/mol. The SMILES string of the molecule is NNCOC(=O)Cn1nc(Cc2cccs2)n(N)c1=O. The van der Waals surface area contributed by atoms with Gasteiger partial charge >= 0.3 is 11.7 Å². The summed E-state index contributed by atoms with van der Waals surface area (Å²) in [5.74, 6) is 10.4. The molecule has 20 heavy (non-hydrogen) atoms. The van der Waals surface area contributed by atoms with E-state index in [-0.39, 0.29) is 13.3 Å². The van der Waals surface area contributed by atoms with Gasteiger partial charge in [0.05, 0.1) is 0 Å². The predicted octanol–water partition coefficient (Wildman–Crippen LogP) is -1.63. The standard InChI is InChI=1S/C10H14N6O3S/c11-13-6-19-9(17)5-15-10(18)16(12)8(14-15)4-7-2-1-3-20-7/h1-3,13H,4-6,11-12H2. The van der Waals surface area contributed by atoms with E-state index in [1.54, 1.807) is 0 Å². The third kappa shape index (κ3) is 3.23. The molecule has 2 rings (SSSR count). The minimum absolute atomic E-state index is 0.140. The summed E-state index contributed by atoms with van der Waals surface area (Å²) in [6.07, 6.45) is 0.426. The summed E-state index contributed by atoms with van der Waals surface area (Å²) in [7, 11) is 0. The van der Waals surface area contributed by atoms with E-state index >= 15 is 0 Å². The molecule has 0 fully saturated rings. The Kier molecular flexibility index (Phi) is 4.50. The van der Waals surface area contributed by atoms with Crippen molar-refractivity contribution in [2.75, 3.05) is 12.6 Å². The fourth-order valence-corrected chi connectivity index (χ4v) is 2.25. The van der Waals surface area contributed by atoms with Crippen LogP contribution in [0.2, 0.25) is 0 Å². The van der Waals surface area contributed by atoms with Crippen LogP contribution in [0.25, 0.3) is 0 Å². The topological polar surface area (TPSA) is 130 Å². The molecule has 2 aromatic rings. The first-order valence-corrected chi connectivity index (χ1v) is 6.55. The number of thiophene rings is 1. The van der Waals surface area contributed by atoms with Gasteiger partial charge in [-0.25, -0.2) is 19.7 Å². The van der Waals surface area contributed by atoms with Crippen LogP contribution in [-0.2, 0) is 22.5 Å². The lowest BCUT2D eigenvalue weighted by molar-refractivity contribution is -0.145. The summed E-state index contributed by atoms with van der Waals surface area (Å²) in [5.41, 5.74) is 1.59. The van der Waals surface area contributed by atoms with Crippen molar-refractivity contribution in [3.05, 3.63) is 38.7 Å². The second-order valence-corrected chi connectivity index (χ2v) is 4.88. The van der Waals surface area contributed by atoms with Crippen molar-refractivity contribution < 1.29 is 9.53 Å². The van der Waals surface area contributed by atoms with Gasteiger partial charge in [-0.05, 0) is 11.4 Å². The highest BCUT2D eigenvalue weighted by Crippen LogP contribution is 2.11. The molecule has 2 heterocycles. The molecule has 0 aliphatic rings. The highest BCUT2D eigenvalue weighted by molar-refractivity contribution is 7.09. The first-order chi connectivity index (χ1) is 9.61. The molecule has 0 bridgehead atoms. The van der Waals surface area contributed by atoms with Crippen molar-refractivity contribution in [1.82, 2.24) is 19.9 Å². The Labute approximate surface area is 117 Å². The summed E-state index contributed by atoms with van der Waals surface area (Å²) in [5, 5.41) is 5.95. The maximum atomic E-state index is 11.8. The molecular formula is C10H14N6O3S. The Hall–Kier alpha value is -2.17. The Bertz CT molecular complexity index is 632. The number of hydrogen-bond donors (Lipinski definition) is 3. The van der Waals surface area contributed by atoms with Gasteiger partial charge < -0.3 is 10.6 Å². The van der Waals surface area contributed by atoms with Crippen molar-refractivity contribution in [2.45, 2.75) is 13.0 Å². The molecule has 10 heteroatoms. The van der Waals surface area contributed by atoms with Gasteiger partial charge in [0.2, 0.25) is 0 Å². The van der Waals surface area contributed by atoms with E-state index in [2.05, 4.69) is 15.3 Å². The quantitative estimate of drug-likeness (QED) is 0.253. The number of rotatable bonds is 6. The van der Waals surface area contributed by atoms with E-state index in [1.807, 2.05) is 17.5 Å².